The topological polar surface area (TPSA) is 38.4 Å². The minimum absolute atomic E-state index is 0.444. The average molecular weight is 110 g/mol. The first-order valence-corrected chi connectivity index (χ1v) is 2.79. The van der Waals surface area contributed by atoms with Gasteiger partial charge in [-0.1, -0.05) is 13.0 Å². The first-order chi connectivity index (χ1) is 3.80. The monoisotopic (exact) mass is 110 g/mol. The summed E-state index contributed by atoms with van der Waals surface area (Å²) in [6, 6.07) is 0. The SMILES string of the molecule is C[C@H]1CC=CN=C1N. The second-order valence-electron chi connectivity index (χ2n) is 2.08. The third-order valence-corrected chi connectivity index (χ3v) is 1.32. The van der Waals surface area contributed by atoms with Crippen LogP contribution < -0.4 is 5.73 Å². The molecule has 0 radical (unpaired) electrons. The fraction of sp³-hybridized carbons (Fsp3) is 0.500. The Labute approximate surface area is 49.1 Å². The molecule has 0 aromatic rings. The largest absolute Gasteiger partial charge is 0.387 e. The second-order valence-corrected chi connectivity index (χ2v) is 2.08. The standard InChI is InChI=1S/C6H10N2/c1-5-3-2-4-8-6(5)7/h2,4-5H,3H2,1H3,(H2,7,8)/t5-/m0/s1. The lowest BCUT2D eigenvalue weighted by Crippen LogP contribution is -2.21. The van der Waals surface area contributed by atoms with Gasteiger partial charge in [-0.25, -0.2) is 4.99 Å². The molecule has 0 aromatic carbocycles. The van der Waals surface area contributed by atoms with Crippen LogP contribution in [0.4, 0.5) is 0 Å². The van der Waals surface area contributed by atoms with Gasteiger partial charge in [0, 0.05) is 12.1 Å². The third-order valence-electron chi connectivity index (χ3n) is 1.32. The van der Waals surface area contributed by atoms with E-state index in [4.69, 9.17) is 5.73 Å². The van der Waals surface area contributed by atoms with E-state index >= 15 is 0 Å². The predicted molar refractivity (Wildman–Crippen MR) is 34.5 cm³/mol. The van der Waals surface area contributed by atoms with Gasteiger partial charge < -0.3 is 5.73 Å². The van der Waals surface area contributed by atoms with E-state index in [0.717, 1.165) is 12.3 Å². The van der Waals surface area contributed by atoms with E-state index < -0.39 is 0 Å². The maximum Gasteiger partial charge on any atom is 0.102 e. The van der Waals surface area contributed by atoms with Crippen LogP contribution in [-0.4, -0.2) is 5.84 Å². The molecule has 0 aromatic heterocycles. The van der Waals surface area contributed by atoms with Gasteiger partial charge in [0.2, 0.25) is 0 Å². The summed E-state index contributed by atoms with van der Waals surface area (Å²) < 4.78 is 0. The van der Waals surface area contributed by atoms with Gasteiger partial charge in [-0.2, -0.15) is 0 Å². The van der Waals surface area contributed by atoms with E-state index in [1.165, 1.54) is 0 Å². The van der Waals surface area contributed by atoms with Gasteiger partial charge in [0.15, 0.2) is 0 Å². The molecule has 0 bridgehead atoms. The van der Waals surface area contributed by atoms with Crippen LogP contribution in [0.1, 0.15) is 13.3 Å². The molecule has 0 fully saturated rings. The maximum absolute atomic E-state index is 5.48. The van der Waals surface area contributed by atoms with Crippen LogP contribution in [0.5, 0.6) is 0 Å². The lowest BCUT2D eigenvalue weighted by Gasteiger charge is -2.09. The fourth-order valence-corrected chi connectivity index (χ4v) is 0.652. The molecule has 0 saturated heterocycles. The van der Waals surface area contributed by atoms with Crippen molar-refractivity contribution in [1.82, 2.24) is 0 Å². The van der Waals surface area contributed by atoms with E-state index in [1.54, 1.807) is 6.20 Å². The molecule has 0 amide bonds. The van der Waals surface area contributed by atoms with Crippen LogP contribution in [0.2, 0.25) is 0 Å². The summed E-state index contributed by atoms with van der Waals surface area (Å²) in [4.78, 5) is 3.92. The molecule has 0 unspecified atom stereocenters. The average Bonchev–Trinajstić information content (AvgIpc) is 1.77. The zero-order chi connectivity index (χ0) is 5.98. The van der Waals surface area contributed by atoms with Crippen LogP contribution >= 0.6 is 0 Å². The molecule has 0 aliphatic carbocycles. The fourth-order valence-electron chi connectivity index (χ4n) is 0.652. The number of amidine groups is 1. The number of rotatable bonds is 0. The van der Waals surface area contributed by atoms with Crippen molar-refractivity contribution in [2.75, 3.05) is 0 Å². The summed E-state index contributed by atoms with van der Waals surface area (Å²) in [5.74, 6) is 1.20. The number of hydrogen-bond acceptors (Lipinski definition) is 2. The molecule has 0 saturated carbocycles. The van der Waals surface area contributed by atoms with Crippen molar-refractivity contribution in [3.05, 3.63) is 12.3 Å². The van der Waals surface area contributed by atoms with Gasteiger partial charge in [0.25, 0.3) is 0 Å². The zero-order valence-electron chi connectivity index (χ0n) is 4.96. The highest BCUT2D eigenvalue weighted by molar-refractivity contribution is 5.83. The second kappa shape index (κ2) is 1.99. The normalized spacial score (nSPS) is 27.6. The Morgan fingerprint density at radius 3 is 3.00 bits per heavy atom. The Morgan fingerprint density at radius 1 is 1.88 bits per heavy atom. The summed E-state index contributed by atoms with van der Waals surface area (Å²) in [5.41, 5.74) is 5.48. The molecule has 1 heterocycles. The van der Waals surface area contributed by atoms with Crippen molar-refractivity contribution in [3.8, 4) is 0 Å². The molecule has 2 nitrogen and oxygen atoms in total. The highest BCUT2D eigenvalue weighted by Crippen LogP contribution is 2.07. The Bertz CT molecular complexity index is 135. The quantitative estimate of drug-likeness (QED) is 0.494. The molecule has 1 atom stereocenters. The van der Waals surface area contributed by atoms with E-state index in [0.29, 0.717) is 5.92 Å². The molecule has 1 aliphatic rings. The summed E-state index contributed by atoms with van der Waals surface area (Å²) in [7, 11) is 0. The number of aliphatic imine (C=N–C) groups is 1. The molecule has 0 spiro atoms. The molecule has 2 heteroatoms. The number of hydrogen-bond donors (Lipinski definition) is 1. The zero-order valence-corrected chi connectivity index (χ0v) is 4.96. The first kappa shape index (κ1) is 5.35. The third kappa shape index (κ3) is 0.886. The van der Waals surface area contributed by atoms with Crippen molar-refractivity contribution < 1.29 is 0 Å². The summed E-state index contributed by atoms with van der Waals surface area (Å²) >= 11 is 0. The Hall–Kier alpha value is -0.790. The summed E-state index contributed by atoms with van der Waals surface area (Å²) in [6.07, 6.45) is 4.83. The maximum atomic E-state index is 5.48. The van der Waals surface area contributed by atoms with Crippen LogP contribution in [0.25, 0.3) is 0 Å². The van der Waals surface area contributed by atoms with E-state index in [-0.39, 0.29) is 0 Å². The van der Waals surface area contributed by atoms with Gasteiger partial charge in [-0.05, 0) is 6.42 Å². The molecule has 2 N–H and O–H groups in total. The van der Waals surface area contributed by atoms with Gasteiger partial charge in [-0.3, -0.25) is 0 Å². The smallest absolute Gasteiger partial charge is 0.102 e. The Morgan fingerprint density at radius 2 is 2.62 bits per heavy atom. The van der Waals surface area contributed by atoms with Gasteiger partial charge >= 0.3 is 0 Å². The van der Waals surface area contributed by atoms with Crippen molar-refractivity contribution >= 4 is 5.84 Å². The first-order valence-electron chi connectivity index (χ1n) is 2.79. The number of nitrogens with zero attached hydrogens (tertiary/aromatic N) is 1. The van der Waals surface area contributed by atoms with Crippen LogP contribution in [0.3, 0.4) is 0 Å². The number of nitrogens with two attached hydrogens (primary N) is 1. The molecule has 1 rings (SSSR count). The molecule has 1 aliphatic heterocycles. The van der Waals surface area contributed by atoms with Crippen molar-refractivity contribution in [1.29, 1.82) is 0 Å². The van der Waals surface area contributed by atoms with Gasteiger partial charge in [0.1, 0.15) is 5.84 Å². The summed E-state index contributed by atoms with van der Waals surface area (Å²) in [6.45, 7) is 2.07. The Balaban J connectivity index is 2.66. The summed E-state index contributed by atoms with van der Waals surface area (Å²) in [5, 5.41) is 0. The van der Waals surface area contributed by atoms with Crippen LogP contribution in [0, 0.1) is 5.92 Å². The van der Waals surface area contributed by atoms with E-state index in [1.807, 2.05) is 6.08 Å². The number of allylic oxidation sites excluding steroid dienone is 1. The van der Waals surface area contributed by atoms with Crippen molar-refractivity contribution in [3.63, 3.8) is 0 Å². The predicted octanol–water partition coefficient (Wildman–Crippen LogP) is 0.897. The highest BCUT2D eigenvalue weighted by atomic mass is 14.8. The molecular formula is C6H10N2. The minimum Gasteiger partial charge on any atom is -0.387 e. The van der Waals surface area contributed by atoms with Crippen molar-refractivity contribution in [2.45, 2.75) is 13.3 Å². The molecule has 44 valence electrons. The highest BCUT2D eigenvalue weighted by Gasteiger charge is 2.05. The van der Waals surface area contributed by atoms with Crippen LogP contribution in [-0.2, 0) is 0 Å². The van der Waals surface area contributed by atoms with Crippen molar-refractivity contribution in [2.24, 2.45) is 16.6 Å². The lowest BCUT2D eigenvalue weighted by atomic mass is 10.1. The molecule has 8 heavy (non-hydrogen) atoms. The van der Waals surface area contributed by atoms with Gasteiger partial charge in [-0.15, -0.1) is 0 Å². The molecular weight excluding hydrogens is 100 g/mol. The Kier molecular flexibility index (Phi) is 1.33. The van der Waals surface area contributed by atoms with Gasteiger partial charge in [0.05, 0.1) is 0 Å². The van der Waals surface area contributed by atoms with E-state index in [9.17, 15) is 0 Å². The minimum atomic E-state index is 0.444. The lowest BCUT2D eigenvalue weighted by molar-refractivity contribution is 0.768. The van der Waals surface area contributed by atoms with Crippen LogP contribution in [0.15, 0.2) is 17.3 Å². The van der Waals surface area contributed by atoms with E-state index in [2.05, 4.69) is 11.9 Å².